The Kier molecular flexibility index (Phi) is 12.5. The van der Waals surface area contributed by atoms with Crippen LogP contribution in [0.1, 0.15) is 123 Å². The van der Waals surface area contributed by atoms with E-state index in [1.165, 1.54) is 109 Å². The topological polar surface area (TPSA) is 0 Å². The molecule has 27 heavy (non-hydrogen) atoms. The van der Waals surface area contributed by atoms with Gasteiger partial charge < -0.3 is 0 Å². The summed E-state index contributed by atoms with van der Waals surface area (Å²) in [5.41, 5.74) is 0. The van der Waals surface area contributed by atoms with Crippen molar-refractivity contribution in [2.45, 2.75) is 128 Å². The van der Waals surface area contributed by atoms with Gasteiger partial charge >= 0.3 is 0 Å². The molecule has 0 aliphatic heterocycles. The van der Waals surface area contributed by atoms with Gasteiger partial charge in [0.05, 0.1) is 0 Å². The van der Waals surface area contributed by atoms with Crippen LogP contribution in [0.25, 0.3) is 0 Å². The number of halogens is 1. The Hall–Kier alpha value is 0.280. The Balaban J connectivity index is 1.91. The Morgan fingerprint density at radius 1 is 0.593 bits per heavy atom. The van der Waals surface area contributed by atoms with E-state index in [4.69, 9.17) is 0 Å². The molecule has 0 aromatic rings. The highest BCUT2D eigenvalue weighted by Gasteiger charge is 2.25. The summed E-state index contributed by atoms with van der Waals surface area (Å²) in [6, 6.07) is -0.187. The second-order valence-electron chi connectivity index (χ2n) is 9.62. The molecule has 2 heteroatoms. The van der Waals surface area contributed by atoms with Crippen LogP contribution < -0.4 is 0 Å². The summed E-state index contributed by atoms with van der Waals surface area (Å²) in [6.45, 7) is 4.82. The third kappa shape index (κ3) is 9.09. The van der Waals surface area contributed by atoms with Crippen molar-refractivity contribution in [3.63, 3.8) is 0 Å². The zero-order chi connectivity index (χ0) is 19.3. The Morgan fingerprint density at radius 2 is 1.07 bits per heavy atom. The van der Waals surface area contributed by atoms with Crippen LogP contribution in [0.4, 0.5) is 4.39 Å². The summed E-state index contributed by atoms with van der Waals surface area (Å²) in [5, 5.41) is 0.599. The van der Waals surface area contributed by atoms with Crippen LogP contribution >= 0.6 is 11.8 Å². The first kappa shape index (κ1) is 23.6. The smallest absolute Gasteiger partial charge is 0.135 e. The van der Waals surface area contributed by atoms with E-state index in [1.807, 2.05) is 0 Å². The molecule has 3 unspecified atom stereocenters. The van der Waals surface area contributed by atoms with Gasteiger partial charge in [-0.25, -0.2) is 4.39 Å². The van der Waals surface area contributed by atoms with Crippen molar-refractivity contribution in [3.8, 4) is 0 Å². The molecule has 2 fully saturated rings. The maximum absolute atomic E-state index is 12.7. The highest BCUT2D eigenvalue weighted by Crippen LogP contribution is 2.38. The standard InChI is InChI=1S/C25H47FS/c1-3-21-10-5-6-11-22(4-2)18-19-24(13-7-12-21)23-14-8-16-25(27-20-26)17-9-15-23/h21-25H,3-20H2,1-2H3. The maximum Gasteiger partial charge on any atom is 0.135 e. The van der Waals surface area contributed by atoms with Gasteiger partial charge in [-0.2, -0.15) is 0 Å². The van der Waals surface area contributed by atoms with Crippen LogP contribution in [0.2, 0.25) is 0 Å². The molecule has 0 N–H and O–H groups in total. The molecule has 160 valence electrons. The number of hydrogen-bond acceptors (Lipinski definition) is 1. The van der Waals surface area contributed by atoms with Gasteiger partial charge in [0.1, 0.15) is 6.01 Å². The molecule has 2 rings (SSSR count). The van der Waals surface area contributed by atoms with Crippen LogP contribution in [-0.2, 0) is 0 Å². The molecule has 0 spiro atoms. The molecule has 0 nitrogen and oxygen atoms in total. The predicted molar refractivity (Wildman–Crippen MR) is 121 cm³/mol. The molecule has 0 heterocycles. The van der Waals surface area contributed by atoms with Gasteiger partial charge in [0.15, 0.2) is 0 Å². The third-order valence-electron chi connectivity index (χ3n) is 7.93. The van der Waals surface area contributed by atoms with Gasteiger partial charge in [0, 0.05) is 5.25 Å². The summed E-state index contributed by atoms with van der Waals surface area (Å²) in [5.74, 6) is 3.90. The van der Waals surface area contributed by atoms with E-state index in [0.29, 0.717) is 5.25 Å². The van der Waals surface area contributed by atoms with Crippen molar-refractivity contribution in [3.05, 3.63) is 0 Å². The molecule has 2 saturated carbocycles. The second-order valence-corrected chi connectivity index (χ2v) is 10.8. The second kappa shape index (κ2) is 14.3. The average Bonchev–Trinajstić information content (AvgIpc) is 2.65. The number of thioether (sulfide) groups is 1. The van der Waals surface area contributed by atoms with Gasteiger partial charge in [-0.3, -0.25) is 0 Å². The number of alkyl halides is 1. The lowest BCUT2D eigenvalue weighted by Gasteiger charge is -2.32. The molecule has 3 atom stereocenters. The first-order valence-corrected chi connectivity index (χ1v) is 13.5. The summed E-state index contributed by atoms with van der Waals surface area (Å²) < 4.78 is 12.7. The molecule has 2 aliphatic carbocycles. The fourth-order valence-corrected chi connectivity index (χ4v) is 6.78. The van der Waals surface area contributed by atoms with E-state index in [9.17, 15) is 4.39 Å². The highest BCUT2D eigenvalue weighted by molar-refractivity contribution is 7.99. The lowest BCUT2D eigenvalue weighted by Crippen LogP contribution is -2.20. The summed E-state index contributed by atoms with van der Waals surface area (Å²) in [4.78, 5) is 0. The normalized spacial score (nSPS) is 35.4. The van der Waals surface area contributed by atoms with Gasteiger partial charge in [0.2, 0.25) is 0 Å². The zero-order valence-corrected chi connectivity index (χ0v) is 19.2. The van der Waals surface area contributed by atoms with E-state index in [1.54, 1.807) is 11.8 Å². The van der Waals surface area contributed by atoms with E-state index >= 15 is 0 Å². The fourth-order valence-electron chi connectivity index (χ4n) is 5.94. The minimum absolute atomic E-state index is 0.187. The quantitative estimate of drug-likeness (QED) is 0.444. The summed E-state index contributed by atoms with van der Waals surface area (Å²) >= 11 is 1.57. The monoisotopic (exact) mass is 398 g/mol. The van der Waals surface area contributed by atoms with Crippen molar-refractivity contribution >= 4 is 11.8 Å². The molecule has 0 amide bonds. The molecule has 0 radical (unpaired) electrons. The van der Waals surface area contributed by atoms with E-state index in [2.05, 4.69) is 13.8 Å². The predicted octanol–water partition coefficient (Wildman–Crippen LogP) is 9.18. The third-order valence-corrected chi connectivity index (χ3v) is 9.00. The first-order chi connectivity index (χ1) is 13.3. The van der Waals surface area contributed by atoms with Crippen molar-refractivity contribution < 1.29 is 4.39 Å². The van der Waals surface area contributed by atoms with Gasteiger partial charge in [-0.05, 0) is 42.9 Å². The molecular weight excluding hydrogens is 351 g/mol. The zero-order valence-electron chi connectivity index (χ0n) is 18.4. The Morgan fingerprint density at radius 3 is 1.63 bits per heavy atom. The van der Waals surface area contributed by atoms with E-state index in [-0.39, 0.29) is 6.01 Å². The van der Waals surface area contributed by atoms with Crippen molar-refractivity contribution in [1.82, 2.24) is 0 Å². The van der Waals surface area contributed by atoms with Crippen molar-refractivity contribution in [2.75, 3.05) is 6.01 Å². The van der Waals surface area contributed by atoms with Gasteiger partial charge in [0.25, 0.3) is 0 Å². The maximum atomic E-state index is 12.7. The Bertz CT molecular complexity index is 348. The summed E-state index contributed by atoms with van der Waals surface area (Å²) in [6.07, 6.45) is 24.1. The molecule has 0 bridgehead atoms. The van der Waals surface area contributed by atoms with Crippen molar-refractivity contribution in [1.29, 1.82) is 0 Å². The minimum atomic E-state index is -0.187. The molecule has 0 aromatic heterocycles. The van der Waals surface area contributed by atoms with Crippen LogP contribution in [-0.4, -0.2) is 11.3 Å². The lowest BCUT2D eigenvalue weighted by atomic mass is 9.75. The Labute approximate surface area is 174 Å². The SMILES string of the molecule is CCC1CCCCC(CC)CCC(C2CCCC(SCF)CCC2)CCC1. The minimum Gasteiger partial charge on any atom is -0.239 e. The molecule has 0 aromatic carbocycles. The van der Waals surface area contributed by atoms with Gasteiger partial charge in [-0.1, -0.05) is 104 Å². The largest absolute Gasteiger partial charge is 0.239 e. The van der Waals surface area contributed by atoms with E-state index in [0.717, 1.165) is 23.7 Å². The van der Waals surface area contributed by atoms with Crippen molar-refractivity contribution in [2.24, 2.45) is 23.7 Å². The van der Waals surface area contributed by atoms with E-state index < -0.39 is 0 Å². The van der Waals surface area contributed by atoms with Crippen LogP contribution in [0.3, 0.4) is 0 Å². The van der Waals surface area contributed by atoms with Crippen LogP contribution in [0, 0.1) is 23.7 Å². The molecule has 2 aliphatic rings. The average molecular weight is 399 g/mol. The number of rotatable bonds is 5. The fraction of sp³-hybridized carbons (Fsp3) is 1.00. The summed E-state index contributed by atoms with van der Waals surface area (Å²) in [7, 11) is 0. The highest BCUT2D eigenvalue weighted by atomic mass is 32.2. The molecule has 0 saturated heterocycles. The number of hydrogen-bond donors (Lipinski definition) is 0. The van der Waals surface area contributed by atoms with Gasteiger partial charge in [-0.15, -0.1) is 11.8 Å². The molecular formula is C25H47FS. The van der Waals surface area contributed by atoms with Crippen LogP contribution in [0.5, 0.6) is 0 Å². The first-order valence-electron chi connectivity index (χ1n) is 12.4. The van der Waals surface area contributed by atoms with Crippen LogP contribution in [0.15, 0.2) is 0 Å². The lowest BCUT2D eigenvalue weighted by molar-refractivity contribution is 0.209.